The fraction of sp³-hybridized carbons (Fsp3) is 0.556. The Morgan fingerprint density at radius 2 is 1.04 bits per heavy atom. The molecule has 6 heteroatoms. The predicted octanol–water partition coefficient (Wildman–Crippen LogP) is 2.17. The first kappa shape index (κ1) is 19.8. The minimum Gasteiger partial charge on any atom is -0.454 e. The van der Waals surface area contributed by atoms with E-state index in [9.17, 15) is 19.2 Å². The summed E-state index contributed by atoms with van der Waals surface area (Å²) in [6.45, 7) is 9.42. The average molecular weight is 336 g/mol. The summed E-state index contributed by atoms with van der Waals surface area (Å²) in [5, 5.41) is 0. The van der Waals surface area contributed by atoms with Gasteiger partial charge in [-0.2, -0.15) is 0 Å². The first-order valence-corrected chi connectivity index (χ1v) is 7.93. The average Bonchev–Trinajstić information content (AvgIpc) is 2.56. The van der Waals surface area contributed by atoms with Gasteiger partial charge in [0.05, 0.1) is 0 Å². The van der Waals surface area contributed by atoms with Crippen molar-refractivity contribution in [2.24, 2.45) is 11.8 Å². The topological polar surface area (TPSA) is 86.7 Å². The largest absolute Gasteiger partial charge is 0.454 e. The third-order valence-electron chi connectivity index (χ3n) is 4.03. The lowest BCUT2D eigenvalue weighted by Gasteiger charge is -2.26. The molecule has 24 heavy (non-hydrogen) atoms. The van der Waals surface area contributed by atoms with Crippen molar-refractivity contribution < 1.29 is 28.7 Å². The molecule has 0 spiro atoms. The summed E-state index contributed by atoms with van der Waals surface area (Å²) in [7, 11) is 0. The Balaban J connectivity index is 2.35. The molecule has 1 fully saturated rings. The van der Waals surface area contributed by atoms with E-state index < -0.39 is 11.9 Å². The van der Waals surface area contributed by atoms with Gasteiger partial charge in [-0.1, -0.05) is 13.2 Å². The van der Waals surface area contributed by atoms with E-state index >= 15 is 0 Å². The standard InChI is InChI=1S/C18H24O6/c1-11(2)17(21)23-9-15(19)13-5-7-14(8-6-13)16(20)10-24-18(22)12(3)4/h13-14H,1,3,5-10H2,2,4H3. The smallest absolute Gasteiger partial charge is 0.333 e. The van der Waals surface area contributed by atoms with Crippen LogP contribution >= 0.6 is 0 Å². The van der Waals surface area contributed by atoms with Gasteiger partial charge in [0.25, 0.3) is 0 Å². The van der Waals surface area contributed by atoms with E-state index in [4.69, 9.17) is 9.47 Å². The van der Waals surface area contributed by atoms with E-state index in [0.717, 1.165) is 0 Å². The Hall–Kier alpha value is -2.24. The number of ketones is 2. The first-order valence-electron chi connectivity index (χ1n) is 7.93. The summed E-state index contributed by atoms with van der Waals surface area (Å²) in [4.78, 5) is 46.6. The number of ether oxygens (including phenoxy) is 2. The maximum atomic E-state index is 12.0. The van der Waals surface area contributed by atoms with Crippen molar-refractivity contribution in [1.29, 1.82) is 0 Å². The monoisotopic (exact) mass is 336 g/mol. The van der Waals surface area contributed by atoms with Crippen LogP contribution < -0.4 is 0 Å². The molecule has 0 bridgehead atoms. The van der Waals surface area contributed by atoms with Gasteiger partial charge in [0, 0.05) is 23.0 Å². The van der Waals surface area contributed by atoms with Crippen LogP contribution in [0, 0.1) is 11.8 Å². The van der Waals surface area contributed by atoms with Gasteiger partial charge < -0.3 is 9.47 Å². The van der Waals surface area contributed by atoms with Gasteiger partial charge in [0.15, 0.2) is 24.8 Å². The molecule has 0 atom stereocenters. The molecular formula is C18H24O6. The predicted molar refractivity (Wildman–Crippen MR) is 87.0 cm³/mol. The normalized spacial score (nSPS) is 19.9. The maximum Gasteiger partial charge on any atom is 0.333 e. The number of carbonyl (C=O) groups is 4. The molecule has 0 aromatic rings. The zero-order valence-electron chi connectivity index (χ0n) is 14.3. The fourth-order valence-electron chi connectivity index (χ4n) is 2.49. The fourth-order valence-corrected chi connectivity index (χ4v) is 2.49. The van der Waals surface area contributed by atoms with E-state index in [1.807, 2.05) is 0 Å². The van der Waals surface area contributed by atoms with Crippen LogP contribution in [0.25, 0.3) is 0 Å². The molecule has 0 amide bonds. The molecule has 1 saturated carbocycles. The van der Waals surface area contributed by atoms with Crippen LogP contribution in [0.4, 0.5) is 0 Å². The van der Waals surface area contributed by atoms with Crippen molar-refractivity contribution in [1.82, 2.24) is 0 Å². The zero-order chi connectivity index (χ0) is 18.3. The van der Waals surface area contributed by atoms with Crippen molar-refractivity contribution in [3.8, 4) is 0 Å². The summed E-state index contributed by atoms with van der Waals surface area (Å²) in [5.41, 5.74) is 0.503. The van der Waals surface area contributed by atoms with Crippen LogP contribution in [0.1, 0.15) is 39.5 Å². The number of hydrogen-bond donors (Lipinski definition) is 0. The first-order chi connectivity index (χ1) is 11.2. The van der Waals surface area contributed by atoms with Gasteiger partial charge in [-0.3, -0.25) is 9.59 Å². The molecule has 0 aromatic heterocycles. The second-order valence-corrected chi connectivity index (χ2v) is 6.19. The highest BCUT2D eigenvalue weighted by Gasteiger charge is 2.30. The van der Waals surface area contributed by atoms with Crippen LogP contribution in [0.15, 0.2) is 24.3 Å². The van der Waals surface area contributed by atoms with E-state index in [1.54, 1.807) is 0 Å². The highest BCUT2D eigenvalue weighted by molar-refractivity contribution is 5.91. The van der Waals surface area contributed by atoms with Gasteiger partial charge >= 0.3 is 11.9 Å². The highest BCUT2D eigenvalue weighted by atomic mass is 16.5. The summed E-state index contributed by atoms with van der Waals surface area (Å²) in [6, 6.07) is 0. The van der Waals surface area contributed by atoms with Crippen molar-refractivity contribution >= 4 is 23.5 Å². The lowest BCUT2D eigenvalue weighted by atomic mass is 9.78. The van der Waals surface area contributed by atoms with Crippen LogP contribution in [0.5, 0.6) is 0 Å². The quantitative estimate of drug-likeness (QED) is 0.499. The van der Waals surface area contributed by atoms with Crippen LogP contribution in [0.3, 0.4) is 0 Å². The number of hydrogen-bond acceptors (Lipinski definition) is 6. The Kier molecular flexibility index (Phi) is 7.55. The lowest BCUT2D eigenvalue weighted by Crippen LogP contribution is -2.30. The van der Waals surface area contributed by atoms with Crippen LogP contribution in [0.2, 0.25) is 0 Å². The van der Waals surface area contributed by atoms with Gasteiger partial charge in [-0.05, 0) is 39.5 Å². The van der Waals surface area contributed by atoms with Crippen molar-refractivity contribution in [2.45, 2.75) is 39.5 Å². The molecule has 0 saturated heterocycles. The number of carbonyl (C=O) groups excluding carboxylic acids is 4. The Bertz CT molecular complexity index is 502. The highest BCUT2D eigenvalue weighted by Crippen LogP contribution is 2.30. The molecule has 0 radical (unpaired) electrons. The molecular weight excluding hydrogens is 312 g/mol. The maximum absolute atomic E-state index is 12.0. The molecule has 0 N–H and O–H groups in total. The minimum atomic E-state index is -0.577. The SMILES string of the molecule is C=C(C)C(=O)OCC(=O)C1CCC(C(=O)COC(=O)C(=C)C)CC1. The number of Topliss-reactive ketones (excluding diaryl/α,β-unsaturated/α-hetero) is 2. The molecule has 0 aromatic carbocycles. The van der Waals surface area contributed by atoms with Gasteiger partial charge in [-0.25, -0.2) is 9.59 Å². The molecule has 0 aliphatic heterocycles. The van der Waals surface area contributed by atoms with E-state index in [0.29, 0.717) is 25.7 Å². The summed E-state index contributed by atoms with van der Waals surface area (Å²) in [6.07, 6.45) is 2.26. The molecule has 0 heterocycles. The molecule has 6 nitrogen and oxygen atoms in total. The zero-order valence-corrected chi connectivity index (χ0v) is 14.3. The van der Waals surface area contributed by atoms with Gasteiger partial charge in [-0.15, -0.1) is 0 Å². The van der Waals surface area contributed by atoms with Gasteiger partial charge in [0.1, 0.15) is 0 Å². The van der Waals surface area contributed by atoms with E-state index in [-0.39, 0.29) is 47.8 Å². The summed E-state index contributed by atoms with van der Waals surface area (Å²) in [5.74, 6) is -1.83. The van der Waals surface area contributed by atoms with Crippen molar-refractivity contribution in [2.75, 3.05) is 13.2 Å². The third-order valence-corrected chi connectivity index (χ3v) is 4.03. The molecule has 1 aliphatic carbocycles. The molecule has 132 valence electrons. The number of rotatable bonds is 8. The third kappa shape index (κ3) is 6.10. The van der Waals surface area contributed by atoms with Crippen LogP contribution in [-0.4, -0.2) is 36.7 Å². The molecule has 1 rings (SSSR count). The van der Waals surface area contributed by atoms with E-state index in [1.165, 1.54) is 13.8 Å². The second kappa shape index (κ2) is 9.15. The number of esters is 2. The lowest BCUT2D eigenvalue weighted by molar-refractivity contribution is -0.147. The van der Waals surface area contributed by atoms with Crippen molar-refractivity contribution in [3.63, 3.8) is 0 Å². The van der Waals surface area contributed by atoms with Crippen LogP contribution in [-0.2, 0) is 28.7 Å². The summed E-state index contributed by atoms with van der Waals surface area (Å²) >= 11 is 0. The minimum absolute atomic E-state index is 0.135. The second-order valence-electron chi connectivity index (χ2n) is 6.19. The Morgan fingerprint density at radius 1 is 0.750 bits per heavy atom. The molecule has 1 aliphatic rings. The summed E-state index contributed by atoms with van der Waals surface area (Å²) < 4.78 is 9.72. The van der Waals surface area contributed by atoms with Crippen molar-refractivity contribution in [3.05, 3.63) is 24.3 Å². The molecule has 0 unspecified atom stereocenters. The van der Waals surface area contributed by atoms with E-state index in [2.05, 4.69) is 13.2 Å². The Morgan fingerprint density at radius 3 is 1.29 bits per heavy atom. The Labute approximate surface area is 141 Å². The van der Waals surface area contributed by atoms with Gasteiger partial charge in [0.2, 0.25) is 0 Å².